The van der Waals surface area contributed by atoms with Crippen LogP contribution in [0.2, 0.25) is 0 Å². The summed E-state index contributed by atoms with van der Waals surface area (Å²) in [6.07, 6.45) is -0.949. The molecule has 6 heteroatoms. The first-order valence-corrected chi connectivity index (χ1v) is 9.28. The Labute approximate surface area is 165 Å². The van der Waals surface area contributed by atoms with E-state index in [1.54, 1.807) is 18.2 Å². The molecular weight excluding hydrogens is 358 g/mol. The van der Waals surface area contributed by atoms with Gasteiger partial charge in [-0.3, -0.25) is 4.79 Å². The van der Waals surface area contributed by atoms with Crippen molar-refractivity contribution < 1.29 is 23.8 Å². The van der Waals surface area contributed by atoms with Crippen molar-refractivity contribution >= 4 is 17.6 Å². The molecular formula is C22H27NO5. The Morgan fingerprint density at radius 1 is 1.00 bits per heavy atom. The maximum Gasteiger partial charge on any atom is 0.339 e. The molecule has 2 aromatic carbocycles. The highest BCUT2D eigenvalue weighted by molar-refractivity contribution is 5.97. The molecule has 0 unspecified atom stereocenters. The van der Waals surface area contributed by atoms with Crippen molar-refractivity contribution in [1.29, 1.82) is 0 Å². The molecule has 6 nitrogen and oxygen atoms in total. The second-order valence-electron chi connectivity index (χ2n) is 6.61. The first kappa shape index (κ1) is 21.3. The number of hydrogen-bond acceptors (Lipinski definition) is 5. The first-order chi connectivity index (χ1) is 13.3. The van der Waals surface area contributed by atoms with Crippen LogP contribution < -0.4 is 14.8 Å². The molecule has 1 atom stereocenters. The van der Waals surface area contributed by atoms with Gasteiger partial charge in [0.25, 0.3) is 5.91 Å². The Bertz CT molecular complexity index is 814. The molecule has 0 aliphatic heterocycles. The van der Waals surface area contributed by atoms with Crippen molar-refractivity contribution in [3.8, 4) is 11.5 Å². The van der Waals surface area contributed by atoms with Crippen LogP contribution in [0.1, 0.15) is 49.5 Å². The first-order valence-electron chi connectivity index (χ1n) is 9.28. The largest absolute Gasteiger partial charge is 0.493 e. The Morgan fingerprint density at radius 3 is 2.25 bits per heavy atom. The lowest BCUT2D eigenvalue weighted by Gasteiger charge is -2.15. The average molecular weight is 385 g/mol. The lowest BCUT2D eigenvalue weighted by atomic mass is 10.0. The van der Waals surface area contributed by atoms with Gasteiger partial charge in [-0.15, -0.1) is 0 Å². The maximum absolute atomic E-state index is 12.4. The van der Waals surface area contributed by atoms with Crippen LogP contribution >= 0.6 is 0 Å². The molecule has 150 valence electrons. The van der Waals surface area contributed by atoms with E-state index in [1.807, 2.05) is 31.2 Å². The predicted octanol–water partition coefficient (Wildman–Crippen LogP) is 4.40. The number of benzene rings is 2. The molecule has 28 heavy (non-hydrogen) atoms. The number of carbonyl (C=O) groups is 2. The summed E-state index contributed by atoms with van der Waals surface area (Å²) in [6.45, 7) is 8.01. The molecule has 0 bridgehead atoms. The van der Waals surface area contributed by atoms with Crippen LogP contribution in [0.5, 0.6) is 11.5 Å². The third-order valence-electron chi connectivity index (χ3n) is 4.20. The highest BCUT2D eigenvalue weighted by Gasteiger charge is 2.20. The zero-order valence-electron chi connectivity index (χ0n) is 16.9. The summed E-state index contributed by atoms with van der Waals surface area (Å²) in [5, 5.41) is 2.75. The molecule has 0 aliphatic rings. The number of hydrogen-bond donors (Lipinski definition) is 1. The molecule has 0 saturated carbocycles. The van der Waals surface area contributed by atoms with Crippen LogP contribution in [0.3, 0.4) is 0 Å². The molecule has 0 aliphatic carbocycles. The van der Waals surface area contributed by atoms with Gasteiger partial charge in [-0.05, 0) is 55.7 Å². The number of rotatable bonds is 8. The molecule has 0 spiro atoms. The number of ether oxygens (including phenoxy) is 3. The van der Waals surface area contributed by atoms with Gasteiger partial charge in [0.05, 0.1) is 19.3 Å². The molecule has 2 aromatic rings. The summed E-state index contributed by atoms with van der Waals surface area (Å²) >= 11 is 0. The summed E-state index contributed by atoms with van der Waals surface area (Å²) in [5.41, 5.74) is 2.12. The van der Waals surface area contributed by atoms with Crippen molar-refractivity contribution in [2.75, 3.05) is 19.0 Å². The van der Waals surface area contributed by atoms with E-state index in [-0.39, 0.29) is 5.56 Å². The van der Waals surface area contributed by atoms with E-state index >= 15 is 0 Å². The third-order valence-corrected chi connectivity index (χ3v) is 4.20. The van der Waals surface area contributed by atoms with E-state index in [0.717, 1.165) is 0 Å². The van der Waals surface area contributed by atoms with Crippen LogP contribution in [0.15, 0.2) is 42.5 Å². The fraction of sp³-hybridized carbons (Fsp3) is 0.364. The standard InChI is InChI=1S/C22H27NO5/c1-6-27-20-13-17(9-12-19(20)26-5)22(25)28-15(4)21(24)23-18-10-7-16(8-11-18)14(2)3/h7-15H,6H2,1-5H3,(H,23,24)/t15-/m0/s1. The topological polar surface area (TPSA) is 73.9 Å². The molecule has 1 amide bonds. The van der Waals surface area contributed by atoms with Crippen molar-refractivity contribution in [3.05, 3.63) is 53.6 Å². The van der Waals surface area contributed by atoms with Gasteiger partial charge in [-0.25, -0.2) is 4.79 Å². The fourth-order valence-corrected chi connectivity index (χ4v) is 2.55. The van der Waals surface area contributed by atoms with Crippen molar-refractivity contribution in [1.82, 2.24) is 0 Å². The minimum atomic E-state index is -0.949. The van der Waals surface area contributed by atoms with E-state index in [4.69, 9.17) is 14.2 Å². The molecule has 0 heterocycles. The van der Waals surface area contributed by atoms with Crippen LogP contribution in [0.4, 0.5) is 5.69 Å². The Kier molecular flexibility index (Phi) is 7.44. The Balaban J connectivity index is 2.01. The number of anilines is 1. The lowest BCUT2D eigenvalue weighted by Crippen LogP contribution is -2.30. The molecule has 2 rings (SSSR count). The third kappa shape index (κ3) is 5.49. The fourth-order valence-electron chi connectivity index (χ4n) is 2.55. The van der Waals surface area contributed by atoms with Crippen LogP contribution in [-0.4, -0.2) is 31.7 Å². The van der Waals surface area contributed by atoms with Gasteiger partial charge in [0.1, 0.15) is 0 Å². The van der Waals surface area contributed by atoms with E-state index in [9.17, 15) is 9.59 Å². The second-order valence-corrected chi connectivity index (χ2v) is 6.61. The minimum Gasteiger partial charge on any atom is -0.493 e. The normalized spacial score (nSPS) is 11.6. The summed E-state index contributed by atoms with van der Waals surface area (Å²) in [4.78, 5) is 24.7. The zero-order valence-corrected chi connectivity index (χ0v) is 16.9. The van der Waals surface area contributed by atoms with Gasteiger partial charge in [-0.1, -0.05) is 26.0 Å². The zero-order chi connectivity index (χ0) is 20.7. The van der Waals surface area contributed by atoms with Crippen LogP contribution in [0, 0.1) is 0 Å². The van der Waals surface area contributed by atoms with Gasteiger partial charge in [0, 0.05) is 5.69 Å². The Hall–Kier alpha value is -3.02. The summed E-state index contributed by atoms with van der Waals surface area (Å²) in [6, 6.07) is 12.3. The van der Waals surface area contributed by atoms with Crippen molar-refractivity contribution in [2.24, 2.45) is 0 Å². The van der Waals surface area contributed by atoms with Crippen LogP contribution in [-0.2, 0) is 9.53 Å². The van der Waals surface area contributed by atoms with Gasteiger partial charge < -0.3 is 19.5 Å². The average Bonchev–Trinajstić information content (AvgIpc) is 2.68. The highest BCUT2D eigenvalue weighted by Crippen LogP contribution is 2.28. The molecule has 0 saturated heterocycles. The minimum absolute atomic E-state index is 0.283. The van der Waals surface area contributed by atoms with Gasteiger partial charge in [0.15, 0.2) is 17.6 Å². The molecule has 0 aromatic heterocycles. The Morgan fingerprint density at radius 2 is 1.68 bits per heavy atom. The van der Waals surface area contributed by atoms with Gasteiger partial charge in [-0.2, -0.15) is 0 Å². The smallest absolute Gasteiger partial charge is 0.339 e. The monoisotopic (exact) mass is 385 g/mol. The number of carbonyl (C=O) groups excluding carboxylic acids is 2. The van der Waals surface area contributed by atoms with Crippen molar-refractivity contribution in [2.45, 2.75) is 39.7 Å². The number of methoxy groups -OCH3 is 1. The quantitative estimate of drug-likeness (QED) is 0.682. The predicted molar refractivity (Wildman–Crippen MR) is 108 cm³/mol. The summed E-state index contributed by atoms with van der Waals surface area (Å²) < 4.78 is 16.0. The second kappa shape index (κ2) is 9.78. The van der Waals surface area contributed by atoms with E-state index in [2.05, 4.69) is 19.2 Å². The SMILES string of the molecule is CCOc1cc(C(=O)O[C@@H](C)C(=O)Nc2ccc(C(C)C)cc2)ccc1OC. The maximum atomic E-state index is 12.4. The number of amides is 1. The number of nitrogens with one attached hydrogen (secondary N) is 1. The summed E-state index contributed by atoms with van der Waals surface area (Å²) in [5.74, 6) is 0.372. The van der Waals surface area contributed by atoms with E-state index < -0.39 is 18.0 Å². The van der Waals surface area contributed by atoms with Crippen LogP contribution in [0.25, 0.3) is 0 Å². The van der Waals surface area contributed by atoms with E-state index in [0.29, 0.717) is 29.7 Å². The van der Waals surface area contributed by atoms with E-state index in [1.165, 1.54) is 19.6 Å². The lowest BCUT2D eigenvalue weighted by molar-refractivity contribution is -0.123. The highest BCUT2D eigenvalue weighted by atomic mass is 16.5. The molecule has 0 fully saturated rings. The number of esters is 1. The van der Waals surface area contributed by atoms with Gasteiger partial charge in [0.2, 0.25) is 0 Å². The van der Waals surface area contributed by atoms with Crippen molar-refractivity contribution in [3.63, 3.8) is 0 Å². The van der Waals surface area contributed by atoms with Gasteiger partial charge >= 0.3 is 5.97 Å². The molecule has 1 N–H and O–H groups in total. The molecule has 0 radical (unpaired) electrons. The summed E-state index contributed by atoms with van der Waals surface area (Å²) in [7, 11) is 1.52.